The van der Waals surface area contributed by atoms with Crippen LogP contribution in [0.1, 0.15) is 43.6 Å². The number of sulfonamides is 1. The van der Waals surface area contributed by atoms with E-state index < -0.39 is 10.0 Å². The van der Waals surface area contributed by atoms with E-state index in [-0.39, 0.29) is 10.9 Å². The van der Waals surface area contributed by atoms with Gasteiger partial charge in [0.25, 0.3) is 0 Å². The summed E-state index contributed by atoms with van der Waals surface area (Å²) in [4.78, 5) is 13.7. The highest BCUT2D eigenvalue weighted by Crippen LogP contribution is 2.35. The molecular formula is C21H25N3O3S. The first kappa shape index (κ1) is 19.0. The number of anilines is 1. The van der Waals surface area contributed by atoms with Gasteiger partial charge < -0.3 is 5.32 Å². The third-order valence-corrected chi connectivity index (χ3v) is 6.71. The molecule has 7 heteroatoms. The van der Waals surface area contributed by atoms with E-state index >= 15 is 0 Å². The normalized spacial score (nSPS) is 18.3. The Kier molecular flexibility index (Phi) is 5.12. The minimum Gasteiger partial charge on any atom is -0.336 e. The van der Waals surface area contributed by atoms with Gasteiger partial charge in [0.1, 0.15) is 0 Å². The van der Waals surface area contributed by atoms with Crippen LogP contribution >= 0.6 is 0 Å². The molecule has 1 saturated carbocycles. The van der Waals surface area contributed by atoms with Crippen molar-refractivity contribution in [3.05, 3.63) is 48.0 Å². The van der Waals surface area contributed by atoms with E-state index in [9.17, 15) is 13.2 Å². The highest BCUT2D eigenvalue weighted by Gasteiger charge is 2.24. The second-order valence-corrected chi connectivity index (χ2v) is 9.10. The molecule has 148 valence electrons. The molecule has 2 fully saturated rings. The summed E-state index contributed by atoms with van der Waals surface area (Å²) < 4.78 is 24.2. The van der Waals surface area contributed by atoms with Crippen LogP contribution in [0.3, 0.4) is 0 Å². The maximum absolute atomic E-state index is 12.1. The van der Waals surface area contributed by atoms with E-state index in [4.69, 9.17) is 5.14 Å². The Bertz CT molecular complexity index is 980. The van der Waals surface area contributed by atoms with E-state index in [0.717, 1.165) is 5.56 Å². The number of nitrogens with two attached hydrogens (primary N) is 1. The van der Waals surface area contributed by atoms with Crippen molar-refractivity contribution >= 4 is 21.7 Å². The minimum atomic E-state index is -3.89. The fourth-order valence-electron chi connectivity index (χ4n) is 4.25. The van der Waals surface area contributed by atoms with Crippen molar-refractivity contribution in [3.8, 4) is 11.1 Å². The second-order valence-electron chi connectivity index (χ2n) is 7.57. The molecule has 2 aliphatic rings. The molecule has 4 rings (SSSR count). The molecule has 3 N–H and O–H groups in total. The van der Waals surface area contributed by atoms with Crippen LogP contribution in [0.2, 0.25) is 0 Å². The Balaban J connectivity index is 1.72. The van der Waals surface area contributed by atoms with Crippen LogP contribution < -0.4 is 15.4 Å². The zero-order valence-electron chi connectivity index (χ0n) is 15.7. The van der Waals surface area contributed by atoms with Gasteiger partial charge in [0.2, 0.25) is 10.0 Å². The topological polar surface area (TPSA) is 92.5 Å². The zero-order chi connectivity index (χ0) is 19.7. The van der Waals surface area contributed by atoms with Crippen molar-refractivity contribution < 1.29 is 13.2 Å². The van der Waals surface area contributed by atoms with E-state index in [1.54, 1.807) is 17.0 Å². The summed E-state index contributed by atoms with van der Waals surface area (Å²) in [5.74, 6) is 0.583. The number of primary sulfonamides is 1. The molecule has 0 aromatic heterocycles. The van der Waals surface area contributed by atoms with Crippen LogP contribution in [-0.4, -0.2) is 27.5 Å². The summed E-state index contributed by atoms with van der Waals surface area (Å²) >= 11 is 0. The maximum atomic E-state index is 12.1. The molecule has 0 atom stereocenters. The number of nitrogens with zero attached hydrogens (tertiary/aromatic N) is 1. The lowest BCUT2D eigenvalue weighted by Crippen LogP contribution is -2.27. The minimum absolute atomic E-state index is 0.0706. The molecule has 1 heterocycles. The first-order valence-corrected chi connectivity index (χ1v) is 11.3. The van der Waals surface area contributed by atoms with Crippen LogP contribution in [0.4, 0.5) is 10.5 Å². The van der Waals surface area contributed by atoms with Gasteiger partial charge in [0.05, 0.1) is 4.90 Å². The van der Waals surface area contributed by atoms with Crippen molar-refractivity contribution in [3.63, 3.8) is 0 Å². The van der Waals surface area contributed by atoms with Crippen molar-refractivity contribution in [2.24, 2.45) is 5.14 Å². The molecule has 28 heavy (non-hydrogen) atoms. The molecule has 2 aromatic rings. The first-order valence-electron chi connectivity index (χ1n) is 9.76. The molecule has 1 aliphatic carbocycles. The quantitative estimate of drug-likeness (QED) is 0.823. The summed E-state index contributed by atoms with van der Waals surface area (Å²) in [6.45, 7) is 1.12. The highest BCUT2D eigenvalue weighted by atomic mass is 32.2. The van der Waals surface area contributed by atoms with Gasteiger partial charge in [0.15, 0.2) is 0 Å². The van der Waals surface area contributed by atoms with Gasteiger partial charge in [-0.2, -0.15) is 0 Å². The Morgan fingerprint density at radius 1 is 1.00 bits per heavy atom. The van der Waals surface area contributed by atoms with Gasteiger partial charge in [0, 0.05) is 24.3 Å². The van der Waals surface area contributed by atoms with Gasteiger partial charge in [-0.25, -0.2) is 18.4 Å². The van der Waals surface area contributed by atoms with Gasteiger partial charge >= 0.3 is 6.03 Å². The Morgan fingerprint density at radius 3 is 2.32 bits per heavy atom. The molecule has 1 aliphatic heterocycles. The third-order valence-electron chi connectivity index (χ3n) is 5.74. The van der Waals surface area contributed by atoms with E-state index in [2.05, 4.69) is 17.4 Å². The number of nitrogens with one attached hydrogen (secondary N) is 1. The lowest BCUT2D eigenvalue weighted by molar-refractivity contribution is 0.252. The highest BCUT2D eigenvalue weighted by molar-refractivity contribution is 7.89. The van der Waals surface area contributed by atoms with Gasteiger partial charge in [-0.1, -0.05) is 43.5 Å². The summed E-state index contributed by atoms with van der Waals surface area (Å²) in [6, 6.07) is 12.8. The SMILES string of the molecule is NS(=O)(=O)c1ccc(N2CCNC2=O)cc1-c1ccc(C2CCCCC2)cc1. The van der Waals surface area contributed by atoms with Gasteiger partial charge in [-0.15, -0.1) is 0 Å². The van der Waals surface area contributed by atoms with Crippen LogP contribution in [0.25, 0.3) is 11.1 Å². The Hall–Kier alpha value is -2.38. The molecule has 0 bridgehead atoms. The molecule has 0 unspecified atom stereocenters. The van der Waals surface area contributed by atoms with E-state index in [1.165, 1.54) is 43.7 Å². The number of amides is 2. The summed E-state index contributed by atoms with van der Waals surface area (Å²) in [7, 11) is -3.89. The first-order chi connectivity index (χ1) is 13.4. The monoisotopic (exact) mass is 399 g/mol. The lowest BCUT2D eigenvalue weighted by atomic mass is 9.84. The van der Waals surface area contributed by atoms with Crippen molar-refractivity contribution in [1.29, 1.82) is 0 Å². The van der Waals surface area contributed by atoms with Crippen LogP contribution in [0, 0.1) is 0 Å². The number of hydrogen-bond donors (Lipinski definition) is 2. The predicted octanol–water partition coefficient (Wildman–Crippen LogP) is 3.58. The standard InChI is InChI=1S/C21H25N3O3S/c22-28(26,27)20-11-10-18(24-13-12-23-21(24)25)14-19(20)17-8-6-16(7-9-17)15-4-2-1-3-5-15/h6-11,14-15H,1-5,12-13H2,(H,23,25)(H2,22,26,27). The summed E-state index contributed by atoms with van der Waals surface area (Å²) in [5.41, 5.74) is 3.27. The van der Waals surface area contributed by atoms with Gasteiger partial charge in [-0.05, 0) is 48.1 Å². The van der Waals surface area contributed by atoms with E-state index in [1.807, 2.05) is 12.1 Å². The van der Waals surface area contributed by atoms with Crippen LogP contribution in [0.15, 0.2) is 47.4 Å². The third kappa shape index (κ3) is 3.77. The van der Waals surface area contributed by atoms with Crippen molar-refractivity contribution in [2.75, 3.05) is 18.0 Å². The van der Waals surface area contributed by atoms with Crippen molar-refractivity contribution in [1.82, 2.24) is 5.32 Å². The molecule has 0 spiro atoms. The largest absolute Gasteiger partial charge is 0.336 e. The number of urea groups is 1. The number of benzene rings is 2. The van der Waals surface area contributed by atoms with Gasteiger partial charge in [-0.3, -0.25) is 4.90 Å². The molecular weight excluding hydrogens is 374 g/mol. The molecule has 2 amide bonds. The summed E-state index contributed by atoms with van der Waals surface area (Å²) in [6.07, 6.45) is 6.26. The molecule has 2 aromatic carbocycles. The molecule has 6 nitrogen and oxygen atoms in total. The van der Waals surface area contributed by atoms with Crippen LogP contribution in [0.5, 0.6) is 0 Å². The molecule has 0 radical (unpaired) electrons. The summed E-state index contributed by atoms with van der Waals surface area (Å²) in [5, 5.41) is 8.21. The van der Waals surface area contributed by atoms with Crippen LogP contribution in [-0.2, 0) is 10.0 Å². The average Bonchev–Trinajstić information content (AvgIpc) is 3.13. The smallest absolute Gasteiger partial charge is 0.321 e. The maximum Gasteiger partial charge on any atom is 0.321 e. The Labute approximate surface area is 165 Å². The predicted molar refractivity (Wildman–Crippen MR) is 110 cm³/mol. The average molecular weight is 400 g/mol. The number of hydrogen-bond acceptors (Lipinski definition) is 3. The van der Waals surface area contributed by atoms with E-state index in [0.29, 0.717) is 30.3 Å². The Morgan fingerprint density at radius 2 is 1.71 bits per heavy atom. The fourth-order valence-corrected chi connectivity index (χ4v) is 4.99. The van der Waals surface area contributed by atoms with Crippen molar-refractivity contribution in [2.45, 2.75) is 42.9 Å². The number of carbonyl (C=O) groups excluding carboxylic acids is 1. The lowest BCUT2D eigenvalue weighted by Gasteiger charge is -2.22. The molecule has 1 saturated heterocycles. The number of rotatable bonds is 4. The zero-order valence-corrected chi connectivity index (χ0v) is 16.5. The second kappa shape index (κ2) is 7.56. The number of carbonyl (C=O) groups is 1. The fraction of sp³-hybridized carbons (Fsp3) is 0.381.